The summed E-state index contributed by atoms with van der Waals surface area (Å²) < 4.78 is 10.5. The third-order valence-electron chi connectivity index (χ3n) is 3.63. The normalized spacial score (nSPS) is 16.5. The van der Waals surface area contributed by atoms with Crippen molar-refractivity contribution < 1.29 is 14.3 Å². The second-order valence-electron chi connectivity index (χ2n) is 5.18. The summed E-state index contributed by atoms with van der Waals surface area (Å²) in [5, 5.41) is 1.97. The minimum absolute atomic E-state index is 0.0250. The van der Waals surface area contributed by atoms with E-state index in [1.807, 2.05) is 17.1 Å². The number of hydrazine groups is 1. The van der Waals surface area contributed by atoms with Crippen LogP contribution in [0, 0.1) is 0 Å². The molecule has 0 unspecified atom stereocenters. The summed E-state index contributed by atoms with van der Waals surface area (Å²) in [4.78, 5) is 14.4. The minimum atomic E-state index is -0.0250. The number of carbonyl (C=O) groups is 1. The molecule has 1 aromatic carbocycles. The van der Waals surface area contributed by atoms with Crippen LogP contribution in [0.2, 0.25) is 0 Å². The largest absolute Gasteiger partial charge is 0.497 e. The number of methoxy groups -OCH3 is 2. The maximum absolute atomic E-state index is 12.1. The molecule has 0 bridgehead atoms. The Morgan fingerprint density at radius 1 is 1.19 bits per heavy atom. The maximum atomic E-state index is 12.1. The molecule has 0 aromatic heterocycles. The number of amides is 1. The quantitative estimate of drug-likeness (QED) is 0.858. The molecule has 1 aliphatic rings. The molecule has 116 valence electrons. The lowest BCUT2D eigenvalue weighted by Crippen LogP contribution is -2.52. The standard InChI is InChI=1S/C15H23N3O3/c1-17-6-8-18(9-7-17)16-15(19)10-12-4-5-13(20-2)11-14(12)21-3/h4-5,11H,6-10H2,1-3H3,(H,16,19). The van der Waals surface area contributed by atoms with E-state index < -0.39 is 0 Å². The highest BCUT2D eigenvalue weighted by Crippen LogP contribution is 2.24. The summed E-state index contributed by atoms with van der Waals surface area (Å²) in [7, 11) is 5.28. The zero-order valence-corrected chi connectivity index (χ0v) is 12.9. The van der Waals surface area contributed by atoms with Crippen molar-refractivity contribution in [2.45, 2.75) is 6.42 Å². The van der Waals surface area contributed by atoms with E-state index in [1.54, 1.807) is 20.3 Å². The fraction of sp³-hybridized carbons (Fsp3) is 0.533. The van der Waals surface area contributed by atoms with Crippen molar-refractivity contribution >= 4 is 5.91 Å². The smallest absolute Gasteiger partial charge is 0.238 e. The van der Waals surface area contributed by atoms with Crippen LogP contribution in [0.1, 0.15) is 5.56 Å². The molecule has 6 nitrogen and oxygen atoms in total. The van der Waals surface area contributed by atoms with E-state index in [0.717, 1.165) is 37.5 Å². The Labute approximate surface area is 125 Å². The van der Waals surface area contributed by atoms with Gasteiger partial charge in [0.15, 0.2) is 0 Å². The fourth-order valence-corrected chi connectivity index (χ4v) is 2.31. The van der Waals surface area contributed by atoms with Crippen LogP contribution >= 0.6 is 0 Å². The molecule has 1 N–H and O–H groups in total. The first-order chi connectivity index (χ1) is 10.1. The van der Waals surface area contributed by atoms with Crippen molar-refractivity contribution in [2.75, 3.05) is 47.4 Å². The summed E-state index contributed by atoms with van der Waals surface area (Å²) >= 11 is 0. The Balaban J connectivity index is 1.93. The molecule has 1 fully saturated rings. The van der Waals surface area contributed by atoms with Crippen LogP contribution in [0.25, 0.3) is 0 Å². The molecule has 1 heterocycles. The first-order valence-electron chi connectivity index (χ1n) is 7.06. The Hall–Kier alpha value is -1.79. The minimum Gasteiger partial charge on any atom is -0.497 e. The first-order valence-corrected chi connectivity index (χ1v) is 7.06. The lowest BCUT2D eigenvalue weighted by Gasteiger charge is -2.32. The number of hydrogen-bond donors (Lipinski definition) is 1. The van der Waals surface area contributed by atoms with Crippen molar-refractivity contribution in [3.63, 3.8) is 0 Å². The molecular weight excluding hydrogens is 270 g/mol. The summed E-state index contributed by atoms with van der Waals surface area (Å²) in [5.41, 5.74) is 3.80. The van der Waals surface area contributed by atoms with E-state index in [9.17, 15) is 4.79 Å². The number of benzene rings is 1. The Morgan fingerprint density at radius 2 is 1.90 bits per heavy atom. The third-order valence-corrected chi connectivity index (χ3v) is 3.63. The summed E-state index contributed by atoms with van der Waals surface area (Å²) in [6.07, 6.45) is 0.291. The van der Waals surface area contributed by atoms with Crippen molar-refractivity contribution in [3.05, 3.63) is 23.8 Å². The van der Waals surface area contributed by atoms with E-state index in [2.05, 4.69) is 17.4 Å². The molecule has 0 atom stereocenters. The van der Waals surface area contributed by atoms with Crippen LogP contribution in [0.3, 0.4) is 0 Å². The van der Waals surface area contributed by atoms with Gasteiger partial charge < -0.3 is 14.4 Å². The molecule has 1 saturated heterocycles. The molecule has 0 spiro atoms. The van der Waals surface area contributed by atoms with E-state index in [1.165, 1.54) is 0 Å². The van der Waals surface area contributed by atoms with E-state index in [0.29, 0.717) is 12.2 Å². The molecule has 0 aliphatic carbocycles. The monoisotopic (exact) mass is 293 g/mol. The third kappa shape index (κ3) is 4.34. The predicted octanol–water partition coefficient (Wildman–Crippen LogP) is 0.525. The molecule has 1 aliphatic heterocycles. The molecule has 21 heavy (non-hydrogen) atoms. The predicted molar refractivity (Wildman–Crippen MR) is 80.5 cm³/mol. The number of hydrogen-bond acceptors (Lipinski definition) is 5. The first kappa shape index (κ1) is 15.6. The molecule has 6 heteroatoms. The maximum Gasteiger partial charge on any atom is 0.238 e. The number of nitrogens with zero attached hydrogens (tertiary/aromatic N) is 2. The zero-order chi connectivity index (χ0) is 15.2. The van der Waals surface area contributed by atoms with Gasteiger partial charge in [0.25, 0.3) is 0 Å². The summed E-state index contributed by atoms with van der Waals surface area (Å²) in [5.74, 6) is 1.36. The molecular formula is C15H23N3O3. The average molecular weight is 293 g/mol. The number of piperazine rings is 1. The second-order valence-corrected chi connectivity index (χ2v) is 5.18. The molecule has 0 radical (unpaired) electrons. The SMILES string of the molecule is COc1ccc(CC(=O)NN2CCN(C)CC2)c(OC)c1. The Bertz CT molecular complexity index is 485. The Kier molecular flexibility index (Phi) is 5.41. The van der Waals surface area contributed by atoms with E-state index in [4.69, 9.17) is 9.47 Å². The van der Waals surface area contributed by atoms with Gasteiger partial charge in [0, 0.05) is 37.8 Å². The van der Waals surface area contributed by atoms with Gasteiger partial charge in [-0.05, 0) is 13.1 Å². The van der Waals surface area contributed by atoms with Crippen LogP contribution in [0.15, 0.2) is 18.2 Å². The van der Waals surface area contributed by atoms with Crippen molar-refractivity contribution in [1.82, 2.24) is 15.3 Å². The molecule has 1 aromatic rings. The van der Waals surface area contributed by atoms with Gasteiger partial charge in [0.2, 0.25) is 5.91 Å². The van der Waals surface area contributed by atoms with Crippen LogP contribution in [0.4, 0.5) is 0 Å². The lowest BCUT2D eigenvalue weighted by molar-refractivity contribution is -0.126. The second kappa shape index (κ2) is 7.28. The molecule has 0 saturated carbocycles. The van der Waals surface area contributed by atoms with Gasteiger partial charge >= 0.3 is 0 Å². The highest BCUT2D eigenvalue weighted by atomic mass is 16.5. The van der Waals surface area contributed by atoms with E-state index >= 15 is 0 Å². The van der Waals surface area contributed by atoms with Gasteiger partial charge in [-0.3, -0.25) is 10.2 Å². The van der Waals surface area contributed by atoms with Crippen molar-refractivity contribution in [3.8, 4) is 11.5 Å². The topological polar surface area (TPSA) is 54.0 Å². The summed E-state index contributed by atoms with van der Waals surface area (Å²) in [6, 6.07) is 5.49. The van der Waals surface area contributed by atoms with Crippen LogP contribution in [-0.2, 0) is 11.2 Å². The van der Waals surface area contributed by atoms with Crippen LogP contribution in [0.5, 0.6) is 11.5 Å². The van der Waals surface area contributed by atoms with Gasteiger partial charge in [-0.1, -0.05) is 6.07 Å². The zero-order valence-electron chi connectivity index (χ0n) is 12.9. The van der Waals surface area contributed by atoms with Gasteiger partial charge in [-0.15, -0.1) is 0 Å². The number of nitrogens with one attached hydrogen (secondary N) is 1. The van der Waals surface area contributed by atoms with Gasteiger partial charge in [0.1, 0.15) is 11.5 Å². The van der Waals surface area contributed by atoms with Gasteiger partial charge in [-0.2, -0.15) is 0 Å². The van der Waals surface area contributed by atoms with Crippen LogP contribution < -0.4 is 14.9 Å². The van der Waals surface area contributed by atoms with Crippen molar-refractivity contribution in [1.29, 1.82) is 0 Å². The highest BCUT2D eigenvalue weighted by molar-refractivity contribution is 5.79. The van der Waals surface area contributed by atoms with Crippen molar-refractivity contribution in [2.24, 2.45) is 0 Å². The number of ether oxygens (including phenoxy) is 2. The van der Waals surface area contributed by atoms with Crippen LogP contribution in [-0.4, -0.2) is 63.3 Å². The summed E-state index contributed by atoms with van der Waals surface area (Å²) in [6.45, 7) is 3.63. The Morgan fingerprint density at radius 3 is 2.52 bits per heavy atom. The average Bonchev–Trinajstić information content (AvgIpc) is 2.50. The number of likely N-dealkylation sites (N-methyl/N-ethyl adjacent to an activating group) is 1. The van der Waals surface area contributed by atoms with Gasteiger partial charge in [-0.25, -0.2) is 5.01 Å². The van der Waals surface area contributed by atoms with Gasteiger partial charge in [0.05, 0.1) is 20.6 Å². The lowest BCUT2D eigenvalue weighted by atomic mass is 10.1. The highest BCUT2D eigenvalue weighted by Gasteiger charge is 2.17. The molecule has 2 rings (SSSR count). The van der Waals surface area contributed by atoms with E-state index in [-0.39, 0.29) is 5.91 Å². The fourth-order valence-electron chi connectivity index (χ4n) is 2.31. The molecule has 1 amide bonds. The number of rotatable bonds is 5. The number of carbonyl (C=O) groups excluding carboxylic acids is 1.